The Morgan fingerprint density at radius 2 is 2.30 bits per heavy atom. The lowest BCUT2D eigenvalue weighted by atomic mass is 9.98. The van der Waals surface area contributed by atoms with Crippen LogP contribution in [-0.4, -0.2) is 44.2 Å². The summed E-state index contributed by atoms with van der Waals surface area (Å²) in [6.45, 7) is 2.74. The van der Waals surface area contributed by atoms with E-state index in [1.165, 1.54) is 15.3 Å². The second-order valence-electron chi connectivity index (χ2n) is 5.63. The van der Waals surface area contributed by atoms with Crippen LogP contribution >= 0.6 is 22.7 Å². The average Bonchev–Trinajstić information content (AvgIpc) is 3.22. The molecule has 0 spiro atoms. The van der Waals surface area contributed by atoms with Crippen molar-refractivity contribution in [3.8, 4) is 0 Å². The van der Waals surface area contributed by atoms with E-state index >= 15 is 0 Å². The molecule has 1 aliphatic heterocycles. The van der Waals surface area contributed by atoms with Crippen LogP contribution in [0.25, 0.3) is 0 Å². The van der Waals surface area contributed by atoms with Gasteiger partial charge in [-0.3, -0.25) is 9.69 Å². The van der Waals surface area contributed by atoms with Gasteiger partial charge in [0.1, 0.15) is 0 Å². The maximum Gasteiger partial charge on any atom is 0.234 e. The van der Waals surface area contributed by atoms with Gasteiger partial charge in [-0.2, -0.15) is 0 Å². The van der Waals surface area contributed by atoms with Gasteiger partial charge in [-0.25, -0.2) is 0 Å². The molecule has 6 heteroatoms. The lowest BCUT2D eigenvalue weighted by molar-refractivity contribution is -0.122. The van der Waals surface area contributed by atoms with E-state index in [4.69, 9.17) is 4.74 Å². The van der Waals surface area contributed by atoms with Crippen molar-refractivity contribution in [2.24, 2.45) is 0 Å². The monoisotopic (exact) mass is 350 g/mol. The molecule has 0 aliphatic carbocycles. The van der Waals surface area contributed by atoms with Crippen molar-refractivity contribution >= 4 is 28.6 Å². The summed E-state index contributed by atoms with van der Waals surface area (Å²) in [7, 11) is 1.68. The van der Waals surface area contributed by atoms with E-state index in [1.54, 1.807) is 18.4 Å². The third-order valence-electron chi connectivity index (χ3n) is 4.07. The average molecular weight is 351 g/mol. The fourth-order valence-corrected chi connectivity index (χ4v) is 4.78. The Morgan fingerprint density at radius 1 is 1.39 bits per heavy atom. The van der Waals surface area contributed by atoms with Crippen molar-refractivity contribution in [2.45, 2.75) is 18.9 Å². The lowest BCUT2D eigenvalue weighted by Gasteiger charge is -2.34. The Balaban J connectivity index is 1.67. The molecule has 0 fully saturated rings. The van der Waals surface area contributed by atoms with Crippen LogP contribution < -0.4 is 5.32 Å². The summed E-state index contributed by atoms with van der Waals surface area (Å²) >= 11 is 3.60. The van der Waals surface area contributed by atoms with Crippen LogP contribution in [0.2, 0.25) is 0 Å². The molecule has 0 aromatic carbocycles. The van der Waals surface area contributed by atoms with Gasteiger partial charge in [0, 0.05) is 36.6 Å². The van der Waals surface area contributed by atoms with Gasteiger partial charge in [-0.1, -0.05) is 6.07 Å². The van der Waals surface area contributed by atoms with Gasteiger partial charge in [0.15, 0.2) is 0 Å². The lowest BCUT2D eigenvalue weighted by Crippen LogP contribution is -2.42. The number of hydrogen-bond donors (Lipinski definition) is 1. The smallest absolute Gasteiger partial charge is 0.234 e. The maximum atomic E-state index is 12.3. The number of carbonyl (C=O) groups is 1. The Bertz CT molecular complexity index is 624. The van der Waals surface area contributed by atoms with Crippen molar-refractivity contribution in [2.75, 3.05) is 33.4 Å². The summed E-state index contributed by atoms with van der Waals surface area (Å²) < 4.78 is 5.01. The van der Waals surface area contributed by atoms with E-state index in [0.29, 0.717) is 19.7 Å². The minimum atomic E-state index is 0.0985. The normalized spacial score (nSPS) is 17.9. The molecule has 3 heterocycles. The molecular weight excluding hydrogens is 328 g/mol. The first-order valence-electron chi connectivity index (χ1n) is 7.89. The van der Waals surface area contributed by atoms with Crippen LogP contribution in [0, 0.1) is 0 Å². The van der Waals surface area contributed by atoms with Crippen LogP contribution in [0.15, 0.2) is 29.0 Å². The first kappa shape index (κ1) is 16.6. The Kier molecular flexibility index (Phi) is 5.83. The molecular formula is C17H22N2O2S2. The van der Waals surface area contributed by atoms with Gasteiger partial charge < -0.3 is 10.1 Å². The van der Waals surface area contributed by atoms with Crippen molar-refractivity contribution in [1.29, 1.82) is 0 Å². The number of fused-ring (bicyclic) bond motifs is 1. The van der Waals surface area contributed by atoms with Crippen molar-refractivity contribution in [3.05, 3.63) is 44.3 Å². The summed E-state index contributed by atoms with van der Waals surface area (Å²) in [5, 5.41) is 7.27. The highest BCUT2D eigenvalue weighted by Crippen LogP contribution is 2.39. The minimum Gasteiger partial charge on any atom is -0.385 e. The number of methoxy groups -OCH3 is 1. The van der Waals surface area contributed by atoms with Gasteiger partial charge in [0.25, 0.3) is 0 Å². The molecule has 0 saturated carbocycles. The highest BCUT2D eigenvalue weighted by atomic mass is 32.1. The van der Waals surface area contributed by atoms with Crippen LogP contribution in [0.5, 0.6) is 0 Å². The fourth-order valence-electron chi connectivity index (χ4n) is 3.00. The van der Waals surface area contributed by atoms with Gasteiger partial charge in [0.05, 0.1) is 12.6 Å². The molecule has 2 aromatic rings. The van der Waals surface area contributed by atoms with E-state index in [9.17, 15) is 4.79 Å². The fraction of sp³-hybridized carbons (Fsp3) is 0.471. The van der Waals surface area contributed by atoms with Crippen molar-refractivity contribution in [3.63, 3.8) is 0 Å². The minimum absolute atomic E-state index is 0.0985. The molecule has 23 heavy (non-hydrogen) atoms. The van der Waals surface area contributed by atoms with Crippen molar-refractivity contribution in [1.82, 2.24) is 10.2 Å². The molecule has 4 nitrogen and oxygen atoms in total. The van der Waals surface area contributed by atoms with E-state index in [-0.39, 0.29) is 11.9 Å². The third kappa shape index (κ3) is 4.01. The number of thiophene rings is 2. The van der Waals surface area contributed by atoms with E-state index in [2.05, 4.69) is 39.2 Å². The largest absolute Gasteiger partial charge is 0.385 e. The topological polar surface area (TPSA) is 41.6 Å². The van der Waals surface area contributed by atoms with Crippen LogP contribution in [0.3, 0.4) is 0 Å². The number of amides is 1. The number of rotatable bonds is 7. The Hall–Kier alpha value is -1.21. The first-order chi connectivity index (χ1) is 11.3. The van der Waals surface area contributed by atoms with Crippen LogP contribution in [-0.2, 0) is 16.0 Å². The van der Waals surface area contributed by atoms with Crippen LogP contribution in [0.4, 0.5) is 0 Å². The molecule has 0 bridgehead atoms. The molecule has 2 aromatic heterocycles. The third-order valence-corrected chi connectivity index (χ3v) is 5.99. The molecule has 1 atom stereocenters. The quantitative estimate of drug-likeness (QED) is 0.781. The molecule has 1 amide bonds. The molecule has 1 N–H and O–H groups in total. The van der Waals surface area contributed by atoms with E-state index in [1.807, 2.05) is 11.3 Å². The molecule has 0 radical (unpaired) electrons. The highest BCUT2D eigenvalue weighted by Gasteiger charge is 2.31. The zero-order valence-electron chi connectivity index (χ0n) is 13.3. The number of ether oxygens (including phenoxy) is 1. The first-order valence-corrected chi connectivity index (χ1v) is 9.65. The van der Waals surface area contributed by atoms with Gasteiger partial charge in [0.2, 0.25) is 5.91 Å². The number of nitrogens with one attached hydrogen (secondary N) is 1. The SMILES string of the molecule is COCCCNC(=O)CN1CCc2sccc2[C@@H]1c1cccs1. The van der Waals surface area contributed by atoms with Crippen molar-refractivity contribution < 1.29 is 9.53 Å². The number of hydrogen-bond acceptors (Lipinski definition) is 5. The second-order valence-corrected chi connectivity index (χ2v) is 7.61. The van der Waals surface area contributed by atoms with Gasteiger partial charge in [-0.15, -0.1) is 22.7 Å². The summed E-state index contributed by atoms with van der Waals surface area (Å²) in [5.74, 6) is 0.0985. The zero-order chi connectivity index (χ0) is 16.1. The predicted molar refractivity (Wildman–Crippen MR) is 95.3 cm³/mol. The van der Waals surface area contributed by atoms with Crippen LogP contribution in [0.1, 0.15) is 27.8 Å². The van der Waals surface area contributed by atoms with E-state index in [0.717, 1.165) is 19.4 Å². The zero-order valence-corrected chi connectivity index (χ0v) is 14.9. The van der Waals surface area contributed by atoms with Gasteiger partial charge >= 0.3 is 0 Å². The highest BCUT2D eigenvalue weighted by molar-refractivity contribution is 7.10. The summed E-state index contributed by atoms with van der Waals surface area (Å²) in [6.07, 6.45) is 1.89. The molecule has 1 aliphatic rings. The standard InChI is InChI=1S/C17H22N2O2S2/c1-21-9-3-7-18-16(20)12-19-8-5-14-13(6-11-23-14)17(19)15-4-2-10-22-15/h2,4,6,10-11,17H,3,5,7-9,12H2,1H3,(H,18,20)/t17-/m1/s1. The number of nitrogens with zero attached hydrogens (tertiary/aromatic N) is 1. The van der Waals surface area contributed by atoms with Gasteiger partial charge in [-0.05, 0) is 41.3 Å². The molecule has 3 rings (SSSR count). The second kappa shape index (κ2) is 8.06. The molecule has 124 valence electrons. The molecule has 0 saturated heterocycles. The van der Waals surface area contributed by atoms with E-state index < -0.39 is 0 Å². The summed E-state index contributed by atoms with van der Waals surface area (Å²) in [5.41, 5.74) is 1.37. The predicted octanol–water partition coefficient (Wildman–Crippen LogP) is 2.91. The number of carbonyl (C=O) groups excluding carboxylic acids is 1. The Morgan fingerprint density at radius 3 is 3.09 bits per heavy atom. The summed E-state index contributed by atoms with van der Waals surface area (Å²) in [6, 6.07) is 6.69. The summed E-state index contributed by atoms with van der Waals surface area (Å²) in [4.78, 5) is 17.3. The maximum absolute atomic E-state index is 12.3. The molecule has 0 unspecified atom stereocenters. The Labute approximate surface area is 145 Å².